The Morgan fingerprint density at radius 1 is 0.933 bits per heavy atom. The van der Waals surface area contributed by atoms with Gasteiger partial charge in [-0.05, 0) is 0 Å². The molecule has 3 aliphatic rings. The maximum absolute atomic E-state index is 7.56. The first-order valence-corrected chi connectivity index (χ1v) is 24.5. The molecule has 0 bridgehead atoms. The van der Waals surface area contributed by atoms with E-state index in [0.29, 0.717) is 10.1 Å². The van der Waals surface area contributed by atoms with Crippen LogP contribution in [-0.4, -0.2) is 9.91 Å². The van der Waals surface area contributed by atoms with Gasteiger partial charge in [-0.15, -0.1) is 0 Å². The van der Waals surface area contributed by atoms with E-state index in [-0.39, 0.29) is 0 Å². The van der Waals surface area contributed by atoms with Crippen LogP contribution in [0.25, 0.3) is 17.2 Å². The number of alkyl halides is 1. The van der Waals surface area contributed by atoms with Gasteiger partial charge in [-0.3, -0.25) is 0 Å². The summed E-state index contributed by atoms with van der Waals surface area (Å²) in [5.41, 5.74) is 9.08. The molecule has 30 heavy (non-hydrogen) atoms. The third-order valence-corrected chi connectivity index (χ3v) is 23.3. The Hall–Kier alpha value is 0.0431. The molecule has 0 amide bonds. The van der Waals surface area contributed by atoms with Gasteiger partial charge in [0.15, 0.2) is 0 Å². The van der Waals surface area contributed by atoms with Crippen molar-refractivity contribution in [2.45, 2.75) is 16.5 Å². The summed E-state index contributed by atoms with van der Waals surface area (Å²) in [6.07, 6.45) is 3.25. The molecule has 1 fully saturated rings. The van der Waals surface area contributed by atoms with Gasteiger partial charge in [0, 0.05) is 0 Å². The molecular formula is C24H18BrCl2S2Zr. The molecule has 3 aromatic carbocycles. The maximum atomic E-state index is 7.56. The third-order valence-electron chi connectivity index (χ3n) is 6.61. The van der Waals surface area contributed by atoms with Crippen LogP contribution in [0.15, 0.2) is 66.2 Å². The van der Waals surface area contributed by atoms with Gasteiger partial charge < -0.3 is 0 Å². The van der Waals surface area contributed by atoms with Crippen molar-refractivity contribution in [3.05, 3.63) is 88.5 Å². The summed E-state index contributed by atoms with van der Waals surface area (Å²) in [6.45, 7) is 0. The molecule has 2 unspecified atom stereocenters. The number of thiol groups is 1. The first-order valence-electron chi connectivity index (χ1n) is 9.96. The fourth-order valence-corrected chi connectivity index (χ4v) is 19.5. The van der Waals surface area contributed by atoms with Crippen LogP contribution in [0.2, 0.25) is 0 Å². The number of thioether (sulfide) groups is 1. The molecule has 1 aliphatic heterocycles. The molecule has 0 radical (unpaired) electrons. The summed E-state index contributed by atoms with van der Waals surface area (Å²) in [4.78, 5) is 0. The molecule has 151 valence electrons. The van der Waals surface area contributed by atoms with E-state index in [1.54, 1.807) is 0 Å². The van der Waals surface area contributed by atoms with E-state index in [9.17, 15) is 0 Å². The number of halogens is 3. The minimum atomic E-state index is -4.85. The Morgan fingerprint density at radius 3 is 2.53 bits per heavy atom. The van der Waals surface area contributed by atoms with Crippen LogP contribution in [0, 0.1) is 0 Å². The van der Waals surface area contributed by atoms with Crippen molar-refractivity contribution in [2.75, 3.05) is 5.75 Å². The molecular weight excluding hydrogens is 594 g/mol. The molecule has 1 saturated heterocycles. The van der Waals surface area contributed by atoms with E-state index < -0.39 is 14.9 Å². The van der Waals surface area contributed by atoms with Crippen LogP contribution in [-0.2, 0) is 21.4 Å². The number of benzene rings is 3. The molecule has 0 aromatic heterocycles. The standard InChI is InChI=1S/C13H9.C11H8BrS.2ClH.H2S.Zr/c1-3-7-12-10(5-1)9-11-6-2-4-8-13(11)12;12-11-10-8(6-13-11)5-7-3-1-2-4-9(7)10;;;;/h1-7H,9H2;1-2,4-5,10-11H,6H2;2*1H;1H2;/q;;;;;+3/p-3. The predicted molar refractivity (Wildman–Crippen MR) is 137 cm³/mol. The second-order valence-electron chi connectivity index (χ2n) is 8.31. The van der Waals surface area contributed by atoms with Crippen LogP contribution >= 0.6 is 54.1 Å². The molecule has 0 nitrogen and oxygen atoms in total. The van der Waals surface area contributed by atoms with E-state index in [1.807, 2.05) is 11.8 Å². The van der Waals surface area contributed by atoms with Crippen LogP contribution in [0.3, 0.4) is 0 Å². The number of hydrogen-bond donors (Lipinski definition) is 1. The molecule has 1 heterocycles. The molecule has 2 atom stereocenters. The molecule has 2 aliphatic carbocycles. The zero-order valence-corrected chi connectivity index (χ0v) is 23.2. The SMILES string of the molecule is [SH][Zr]([Cl])([Cl])([c]1cccc2c1C=C1CSC(Br)C12)[c]1cccc2c1-c1ccccc1C2. The Kier molecular flexibility index (Phi) is 4.83. The average Bonchev–Trinajstić information content (AvgIpc) is 3.39. The summed E-state index contributed by atoms with van der Waals surface area (Å²) in [5.74, 6) is 1.45. The van der Waals surface area contributed by atoms with Crippen LogP contribution in [0.4, 0.5) is 0 Å². The van der Waals surface area contributed by atoms with Crippen LogP contribution in [0.5, 0.6) is 0 Å². The van der Waals surface area contributed by atoms with Crippen molar-refractivity contribution >= 4 is 66.7 Å². The zero-order valence-electron chi connectivity index (χ0n) is 15.9. The number of rotatable bonds is 2. The van der Waals surface area contributed by atoms with E-state index >= 15 is 0 Å². The minimum absolute atomic E-state index is 0.402. The van der Waals surface area contributed by atoms with Gasteiger partial charge in [0.25, 0.3) is 0 Å². The predicted octanol–water partition coefficient (Wildman–Crippen LogP) is 7.00. The second-order valence-corrected chi connectivity index (χ2v) is 36.9. The second kappa shape index (κ2) is 7.02. The van der Waals surface area contributed by atoms with Gasteiger partial charge >= 0.3 is 204 Å². The molecule has 3 aromatic rings. The van der Waals surface area contributed by atoms with Crippen molar-refractivity contribution < 1.29 is 14.9 Å². The van der Waals surface area contributed by atoms with Crippen LogP contribution in [0.1, 0.15) is 28.2 Å². The molecule has 0 N–H and O–H groups in total. The van der Waals surface area contributed by atoms with E-state index in [0.717, 1.165) is 18.7 Å². The van der Waals surface area contributed by atoms with Crippen molar-refractivity contribution in [2.24, 2.45) is 0 Å². The van der Waals surface area contributed by atoms with Gasteiger partial charge in [0.1, 0.15) is 0 Å². The fourth-order valence-electron chi connectivity index (χ4n) is 5.26. The molecule has 0 spiro atoms. The van der Waals surface area contributed by atoms with E-state index in [4.69, 9.17) is 26.4 Å². The van der Waals surface area contributed by atoms with Crippen LogP contribution < -0.4 is 6.54 Å². The Labute approximate surface area is 201 Å². The molecule has 6 rings (SSSR count). The van der Waals surface area contributed by atoms with Gasteiger partial charge in [0.05, 0.1) is 0 Å². The molecule has 0 saturated carbocycles. The monoisotopic (exact) mass is 609 g/mol. The Balaban J connectivity index is 1.60. The molecule has 6 heteroatoms. The van der Waals surface area contributed by atoms with Crippen molar-refractivity contribution in [1.29, 1.82) is 0 Å². The summed E-state index contributed by atoms with van der Waals surface area (Å²) in [5, 5.41) is 0. The fraction of sp³-hybridized carbons (Fsp3) is 0.167. The summed E-state index contributed by atoms with van der Waals surface area (Å²) in [6, 6.07) is 21.4. The summed E-state index contributed by atoms with van der Waals surface area (Å²) >= 11 is 0.960. The number of hydrogen-bond acceptors (Lipinski definition) is 2. The third kappa shape index (κ3) is 2.90. The first kappa shape index (κ1) is 20.6. The summed E-state index contributed by atoms with van der Waals surface area (Å²) < 4.78 is 2.49. The normalized spacial score (nSPS) is 22.5. The van der Waals surface area contributed by atoms with Crippen molar-refractivity contribution in [3.8, 4) is 11.1 Å². The first-order chi connectivity index (χ1) is 14.3. The average molecular weight is 613 g/mol. The quantitative estimate of drug-likeness (QED) is 0.188. The van der Waals surface area contributed by atoms with Crippen molar-refractivity contribution in [1.82, 2.24) is 0 Å². The van der Waals surface area contributed by atoms with E-state index in [2.05, 4.69) is 82.7 Å². The Morgan fingerprint density at radius 2 is 1.67 bits per heavy atom. The van der Waals surface area contributed by atoms with E-state index in [1.165, 1.54) is 39.0 Å². The zero-order chi connectivity index (χ0) is 20.7. The van der Waals surface area contributed by atoms with Gasteiger partial charge in [-0.25, -0.2) is 0 Å². The van der Waals surface area contributed by atoms with Crippen molar-refractivity contribution in [3.63, 3.8) is 0 Å². The number of fused-ring (bicyclic) bond motifs is 6. The topological polar surface area (TPSA) is 0 Å². The van der Waals surface area contributed by atoms with Gasteiger partial charge in [-0.2, -0.15) is 0 Å². The summed E-state index contributed by atoms with van der Waals surface area (Å²) in [7, 11) is 20.4. The van der Waals surface area contributed by atoms with Gasteiger partial charge in [-0.1, -0.05) is 0 Å². The van der Waals surface area contributed by atoms with Gasteiger partial charge in [0.2, 0.25) is 0 Å². The Bertz CT molecular complexity index is 1260.